The minimum atomic E-state index is 0.735. The summed E-state index contributed by atoms with van der Waals surface area (Å²) in [6.07, 6.45) is 2.08. The minimum Gasteiger partial charge on any atom is -0.330 e. The van der Waals surface area contributed by atoms with Gasteiger partial charge in [-0.15, -0.1) is 11.8 Å². The average Bonchev–Trinajstić information content (AvgIpc) is 2.73. The van der Waals surface area contributed by atoms with Gasteiger partial charge in [0, 0.05) is 8.47 Å². The molecule has 0 spiro atoms. The molecule has 0 unspecified atom stereocenters. The lowest BCUT2D eigenvalue weighted by Crippen LogP contribution is -1.95. The van der Waals surface area contributed by atoms with Crippen LogP contribution in [0.25, 0.3) is 16.7 Å². The van der Waals surface area contributed by atoms with Crippen LogP contribution in [-0.4, -0.2) is 15.8 Å². The van der Waals surface area contributed by atoms with Crippen molar-refractivity contribution < 1.29 is 0 Å². The molecule has 0 amide bonds. The smallest absolute Gasteiger partial charge is 0.182 e. The van der Waals surface area contributed by atoms with E-state index in [0.29, 0.717) is 0 Å². The monoisotopic (exact) mass is 398 g/mol. The van der Waals surface area contributed by atoms with E-state index in [1.54, 1.807) is 11.8 Å². The quantitative estimate of drug-likeness (QED) is 0.372. The normalized spacial score (nSPS) is 11.1. The van der Waals surface area contributed by atoms with Gasteiger partial charge in [0.15, 0.2) is 4.77 Å². The zero-order chi connectivity index (χ0) is 13.4. The SMILES string of the molecule is CSc1ccccc1-n1c(=S)[nH]c2cc(I)ccc21. The summed E-state index contributed by atoms with van der Waals surface area (Å²) in [6, 6.07) is 14.6. The maximum Gasteiger partial charge on any atom is 0.182 e. The Labute approximate surface area is 134 Å². The highest BCUT2D eigenvalue weighted by atomic mass is 127. The summed E-state index contributed by atoms with van der Waals surface area (Å²) < 4.78 is 4.04. The topological polar surface area (TPSA) is 20.7 Å². The lowest BCUT2D eigenvalue weighted by atomic mass is 10.3. The molecule has 2 nitrogen and oxygen atoms in total. The fourth-order valence-electron chi connectivity index (χ4n) is 2.14. The van der Waals surface area contributed by atoms with E-state index in [-0.39, 0.29) is 0 Å². The molecule has 3 aromatic rings. The second-order valence-corrected chi connectivity index (χ2v) is 6.58. The van der Waals surface area contributed by atoms with E-state index in [4.69, 9.17) is 12.2 Å². The Kier molecular flexibility index (Phi) is 3.68. The molecule has 0 fully saturated rings. The number of rotatable bonds is 2. The summed E-state index contributed by atoms with van der Waals surface area (Å²) in [7, 11) is 0. The number of hydrogen-bond acceptors (Lipinski definition) is 2. The first-order valence-corrected chi connectivity index (χ1v) is 8.45. The van der Waals surface area contributed by atoms with Gasteiger partial charge in [-0.05, 0) is 71.4 Å². The van der Waals surface area contributed by atoms with E-state index < -0.39 is 0 Å². The fraction of sp³-hybridized carbons (Fsp3) is 0.0714. The number of hydrogen-bond donors (Lipinski definition) is 1. The predicted molar refractivity (Wildman–Crippen MR) is 93.0 cm³/mol. The Morgan fingerprint density at radius 3 is 2.79 bits per heavy atom. The van der Waals surface area contributed by atoms with Gasteiger partial charge in [0.1, 0.15) is 0 Å². The molecule has 0 aliphatic heterocycles. The summed E-state index contributed by atoms with van der Waals surface area (Å²) in [5.74, 6) is 0. The number of imidazole rings is 1. The molecule has 0 atom stereocenters. The first kappa shape index (κ1) is 13.2. The molecule has 1 N–H and O–H groups in total. The molecule has 0 radical (unpaired) electrons. The number of H-pyrrole nitrogens is 1. The summed E-state index contributed by atoms with van der Waals surface area (Å²) in [4.78, 5) is 4.50. The highest BCUT2D eigenvalue weighted by Crippen LogP contribution is 2.28. The van der Waals surface area contributed by atoms with Crippen molar-refractivity contribution in [3.63, 3.8) is 0 Å². The molecule has 1 heterocycles. The number of halogens is 1. The molecule has 19 heavy (non-hydrogen) atoms. The van der Waals surface area contributed by atoms with Gasteiger partial charge >= 0.3 is 0 Å². The maximum absolute atomic E-state index is 5.48. The number of nitrogens with one attached hydrogen (secondary N) is 1. The van der Waals surface area contributed by atoms with Crippen LogP contribution in [0.5, 0.6) is 0 Å². The molecule has 0 bridgehead atoms. The average molecular weight is 398 g/mol. The molecule has 96 valence electrons. The largest absolute Gasteiger partial charge is 0.330 e. The highest BCUT2D eigenvalue weighted by molar-refractivity contribution is 14.1. The van der Waals surface area contributed by atoms with Crippen LogP contribution >= 0.6 is 46.6 Å². The van der Waals surface area contributed by atoms with Crippen LogP contribution in [0.2, 0.25) is 0 Å². The van der Waals surface area contributed by atoms with Crippen LogP contribution < -0.4 is 0 Å². The lowest BCUT2D eigenvalue weighted by molar-refractivity contribution is 1.03. The van der Waals surface area contributed by atoms with E-state index in [1.807, 2.05) is 6.07 Å². The van der Waals surface area contributed by atoms with Crippen LogP contribution in [0.1, 0.15) is 0 Å². The Balaban J connectivity index is 2.36. The van der Waals surface area contributed by atoms with Crippen molar-refractivity contribution in [1.29, 1.82) is 0 Å². The van der Waals surface area contributed by atoms with Crippen molar-refractivity contribution in [2.45, 2.75) is 4.90 Å². The van der Waals surface area contributed by atoms with E-state index in [9.17, 15) is 0 Å². The van der Waals surface area contributed by atoms with Crippen LogP contribution in [0.3, 0.4) is 0 Å². The van der Waals surface area contributed by atoms with Crippen molar-refractivity contribution in [3.8, 4) is 5.69 Å². The van der Waals surface area contributed by atoms with Gasteiger partial charge in [0.2, 0.25) is 0 Å². The molecular formula is C14H11IN2S2. The highest BCUT2D eigenvalue weighted by Gasteiger charge is 2.09. The lowest BCUT2D eigenvalue weighted by Gasteiger charge is -2.09. The molecule has 0 aliphatic carbocycles. The van der Waals surface area contributed by atoms with E-state index in [1.165, 1.54) is 8.47 Å². The fourth-order valence-corrected chi connectivity index (χ4v) is 3.52. The molecule has 3 rings (SSSR count). The molecule has 1 aromatic heterocycles. The summed E-state index contributed by atoms with van der Waals surface area (Å²) in [5.41, 5.74) is 3.33. The third-order valence-corrected chi connectivity index (χ3v) is 4.71. The Morgan fingerprint density at radius 1 is 1.21 bits per heavy atom. The second-order valence-electron chi connectivity index (χ2n) is 4.10. The van der Waals surface area contributed by atoms with Crippen LogP contribution in [0.15, 0.2) is 47.4 Å². The number of para-hydroxylation sites is 1. The van der Waals surface area contributed by atoms with Crippen LogP contribution in [0.4, 0.5) is 0 Å². The first-order chi connectivity index (χ1) is 9.20. The molecular weight excluding hydrogens is 387 g/mol. The summed E-state index contributed by atoms with van der Waals surface area (Å²) >= 11 is 9.52. The molecule has 0 aliphatic rings. The maximum atomic E-state index is 5.48. The van der Waals surface area contributed by atoms with Crippen molar-refractivity contribution in [2.24, 2.45) is 0 Å². The number of aromatic amines is 1. The van der Waals surface area contributed by atoms with Gasteiger partial charge in [0.25, 0.3) is 0 Å². The number of fused-ring (bicyclic) bond motifs is 1. The van der Waals surface area contributed by atoms with Gasteiger partial charge in [-0.1, -0.05) is 12.1 Å². The van der Waals surface area contributed by atoms with Crippen LogP contribution in [0, 0.1) is 8.34 Å². The molecule has 2 aromatic carbocycles. The summed E-state index contributed by atoms with van der Waals surface area (Å²) in [6.45, 7) is 0. The van der Waals surface area contributed by atoms with Gasteiger partial charge in [-0.2, -0.15) is 0 Å². The van der Waals surface area contributed by atoms with E-state index >= 15 is 0 Å². The standard InChI is InChI=1S/C14H11IN2S2/c1-19-13-5-3-2-4-12(13)17-11-7-6-9(15)8-10(11)16-14(17)18/h2-8H,1H3,(H,16,18). The number of benzene rings is 2. The first-order valence-electron chi connectivity index (χ1n) is 5.74. The molecule has 0 saturated heterocycles. The van der Waals surface area contributed by atoms with Crippen LogP contribution in [-0.2, 0) is 0 Å². The van der Waals surface area contributed by atoms with Crippen molar-refractivity contribution in [3.05, 3.63) is 50.8 Å². The predicted octanol–water partition coefficient (Wildman–Crippen LogP) is 5.01. The van der Waals surface area contributed by atoms with Gasteiger partial charge in [-0.25, -0.2) is 0 Å². The molecule has 0 saturated carbocycles. The van der Waals surface area contributed by atoms with Gasteiger partial charge in [-0.3, -0.25) is 4.57 Å². The summed E-state index contributed by atoms with van der Waals surface area (Å²) in [5, 5.41) is 0. The third-order valence-electron chi connectivity index (χ3n) is 2.97. The van der Waals surface area contributed by atoms with Crippen molar-refractivity contribution in [1.82, 2.24) is 9.55 Å². The van der Waals surface area contributed by atoms with Gasteiger partial charge < -0.3 is 4.98 Å². The Hall–Kier alpha value is -0.790. The number of aromatic nitrogens is 2. The Bertz CT molecular complexity index is 805. The number of nitrogens with zero attached hydrogens (tertiary/aromatic N) is 1. The van der Waals surface area contributed by atoms with E-state index in [2.05, 4.69) is 74.8 Å². The zero-order valence-corrected chi connectivity index (χ0v) is 14.0. The Morgan fingerprint density at radius 2 is 2.00 bits per heavy atom. The van der Waals surface area contributed by atoms with Crippen molar-refractivity contribution in [2.75, 3.05) is 6.26 Å². The third kappa shape index (κ3) is 2.34. The molecule has 5 heteroatoms. The van der Waals surface area contributed by atoms with Gasteiger partial charge in [0.05, 0.1) is 16.7 Å². The van der Waals surface area contributed by atoms with E-state index in [0.717, 1.165) is 21.5 Å². The van der Waals surface area contributed by atoms with Crippen molar-refractivity contribution >= 4 is 57.6 Å². The zero-order valence-electron chi connectivity index (χ0n) is 10.2. The number of thioether (sulfide) groups is 1. The second kappa shape index (κ2) is 5.30. The minimum absolute atomic E-state index is 0.735.